The standard InChI is InChI=1S/C12H14O4S/c1-17(15,16)11-7-9(12(13)14)6-8-4-2-3-5-10(8)11/h2-5,9,11H,6-7H2,1H3,(H,13,14)/t9-,11?/m1/s1. The van der Waals surface area contributed by atoms with E-state index in [1.807, 2.05) is 12.1 Å². The summed E-state index contributed by atoms with van der Waals surface area (Å²) in [5.74, 6) is -1.53. The molecule has 2 rings (SSSR count). The first-order valence-electron chi connectivity index (χ1n) is 5.39. The summed E-state index contributed by atoms with van der Waals surface area (Å²) < 4.78 is 23.4. The Kier molecular flexibility index (Phi) is 2.95. The van der Waals surface area contributed by atoms with E-state index in [2.05, 4.69) is 0 Å². The lowest BCUT2D eigenvalue weighted by Gasteiger charge is -2.28. The molecule has 0 heterocycles. The summed E-state index contributed by atoms with van der Waals surface area (Å²) in [6.07, 6.45) is 1.75. The minimum absolute atomic E-state index is 0.172. The van der Waals surface area contributed by atoms with Gasteiger partial charge in [0.1, 0.15) is 0 Å². The zero-order valence-electron chi connectivity index (χ0n) is 9.46. The number of carboxylic acid groups (broad SMARTS) is 1. The summed E-state index contributed by atoms with van der Waals surface area (Å²) in [6.45, 7) is 0. The Labute approximate surface area is 100 Å². The quantitative estimate of drug-likeness (QED) is 0.866. The second-order valence-electron chi connectivity index (χ2n) is 4.49. The third-order valence-electron chi connectivity index (χ3n) is 3.23. The average molecular weight is 254 g/mol. The largest absolute Gasteiger partial charge is 0.481 e. The Balaban J connectivity index is 2.50. The number of carbonyl (C=O) groups is 1. The van der Waals surface area contributed by atoms with E-state index in [0.29, 0.717) is 6.42 Å². The lowest BCUT2D eigenvalue weighted by molar-refractivity contribution is -0.142. The van der Waals surface area contributed by atoms with E-state index >= 15 is 0 Å². The van der Waals surface area contributed by atoms with Crippen LogP contribution in [0, 0.1) is 5.92 Å². The lowest BCUT2D eigenvalue weighted by atomic mass is 9.83. The van der Waals surface area contributed by atoms with Crippen molar-refractivity contribution in [1.82, 2.24) is 0 Å². The predicted octanol–water partition coefficient (Wildman–Crippen LogP) is 1.42. The van der Waals surface area contributed by atoms with Crippen molar-refractivity contribution in [3.8, 4) is 0 Å². The van der Waals surface area contributed by atoms with Crippen LogP contribution < -0.4 is 0 Å². The van der Waals surface area contributed by atoms with Crippen LogP contribution in [0.25, 0.3) is 0 Å². The molecule has 17 heavy (non-hydrogen) atoms. The van der Waals surface area contributed by atoms with Crippen molar-refractivity contribution < 1.29 is 18.3 Å². The molecule has 1 aromatic rings. The van der Waals surface area contributed by atoms with Gasteiger partial charge in [-0.2, -0.15) is 0 Å². The molecule has 1 aliphatic carbocycles. The Bertz CT molecular complexity index is 547. The van der Waals surface area contributed by atoms with Crippen molar-refractivity contribution >= 4 is 15.8 Å². The monoisotopic (exact) mass is 254 g/mol. The van der Waals surface area contributed by atoms with E-state index in [4.69, 9.17) is 5.11 Å². The number of sulfone groups is 1. The minimum atomic E-state index is -3.27. The molecule has 0 saturated heterocycles. The molecule has 0 spiro atoms. The van der Waals surface area contributed by atoms with Crippen molar-refractivity contribution in [1.29, 1.82) is 0 Å². The van der Waals surface area contributed by atoms with Gasteiger partial charge in [0.05, 0.1) is 11.2 Å². The molecular formula is C12H14O4S. The zero-order valence-corrected chi connectivity index (χ0v) is 10.3. The fraction of sp³-hybridized carbons (Fsp3) is 0.417. The van der Waals surface area contributed by atoms with Crippen LogP contribution in [-0.2, 0) is 21.1 Å². The molecule has 0 aromatic heterocycles. The third kappa shape index (κ3) is 2.34. The first-order chi connectivity index (χ1) is 7.89. The first kappa shape index (κ1) is 12.1. The molecule has 5 heteroatoms. The van der Waals surface area contributed by atoms with Gasteiger partial charge in [-0.25, -0.2) is 8.42 Å². The molecule has 0 bridgehead atoms. The highest BCUT2D eigenvalue weighted by atomic mass is 32.2. The van der Waals surface area contributed by atoms with Crippen LogP contribution in [0.3, 0.4) is 0 Å². The van der Waals surface area contributed by atoms with E-state index in [1.54, 1.807) is 12.1 Å². The molecule has 0 radical (unpaired) electrons. The number of carboxylic acids is 1. The fourth-order valence-electron chi connectivity index (χ4n) is 2.36. The number of benzene rings is 1. The molecule has 1 aromatic carbocycles. The van der Waals surface area contributed by atoms with E-state index in [0.717, 1.165) is 11.1 Å². The van der Waals surface area contributed by atoms with Gasteiger partial charge in [0, 0.05) is 6.26 Å². The predicted molar refractivity (Wildman–Crippen MR) is 63.5 cm³/mol. The number of rotatable bonds is 2. The number of hydrogen-bond acceptors (Lipinski definition) is 3. The normalized spacial score (nSPS) is 24.1. The van der Waals surface area contributed by atoms with Crippen LogP contribution in [0.4, 0.5) is 0 Å². The van der Waals surface area contributed by atoms with Crippen molar-refractivity contribution in [2.45, 2.75) is 18.1 Å². The highest BCUT2D eigenvalue weighted by Gasteiger charge is 2.35. The second-order valence-corrected chi connectivity index (χ2v) is 6.72. The summed E-state index contributed by atoms with van der Waals surface area (Å²) >= 11 is 0. The molecule has 1 aliphatic rings. The Morgan fingerprint density at radius 2 is 2.00 bits per heavy atom. The topological polar surface area (TPSA) is 71.4 Å². The van der Waals surface area contributed by atoms with Crippen LogP contribution >= 0.6 is 0 Å². The molecule has 1 N–H and O–H groups in total. The maximum Gasteiger partial charge on any atom is 0.306 e. The highest BCUT2D eigenvalue weighted by Crippen LogP contribution is 2.37. The van der Waals surface area contributed by atoms with Gasteiger partial charge in [0.25, 0.3) is 0 Å². The van der Waals surface area contributed by atoms with Crippen molar-refractivity contribution in [3.05, 3.63) is 35.4 Å². The smallest absolute Gasteiger partial charge is 0.306 e. The number of hydrogen-bond donors (Lipinski definition) is 1. The minimum Gasteiger partial charge on any atom is -0.481 e. The molecule has 0 saturated carbocycles. The maximum absolute atomic E-state index is 11.7. The maximum atomic E-state index is 11.7. The Hall–Kier alpha value is -1.36. The molecule has 92 valence electrons. The van der Waals surface area contributed by atoms with Gasteiger partial charge in [-0.05, 0) is 24.0 Å². The van der Waals surface area contributed by atoms with Crippen LogP contribution in [0.5, 0.6) is 0 Å². The molecule has 0 aliphatic heterocycles. The molecule has 2 atom stereocenters. The fourth-order valence-corrected chi connectivity index (χ4v) is 3.64. The second kappa shape index (κ2) is 4.14. The van der Waals surface area contributed by atoms with E-state index < -0.39 is 27.0 Å². The SMILES string of the molecule is CS(=O)(=O)C1C[C@H](C(=O)O)Cc2ccccc21. The summed E-state index contributed by atoms with van der Waals surface area (Å²) in [7, 11) is -3.27. The van der Waals surface area contributed by atoms with Crippen molar-refractivity contribution in [3.63, 3.8) is 0 Å². The van der Waals surface area contributed by atoms with Gasteiger partial charge in [0.15, 0.2) is 9.84 Å². The van der Waals surface area contributed by atoms with Crippen LogP contribution in [0.1, 0.15) is 22.8 Å². The Morgan fingerprint density at radius 3 is 2.59 bits per heavy atom. The van der Waals surface area contributed by atoms with Gasteiger partial charge in [0.2, 0.25) is 0 Å². The van der Waals surface area contributed by atoms with Gasteiger partial charge in [-0.15, -0.1) is 0 Å². The van der Waals surface area contributed by atoms with E-state index in [1.165, 1.54) is 6.26 Å². The van der Waals surface area contributed by atoms with Crippen molar-refractivity contribution in [2.75, 3.05) is 6.26 Å². The molecule has 0 amide bonds. The molecular weight excluding hydrogens is 240 g/mol. The third-order valence-corrected chi connectivity index (χ3v) is 4.71. The summed E-state index contributed by atoms with van der Waals surface area (Å²) in [5, 5.41) is 8.37. The molecule has 1 unspecified atom stereocenters. The van der Waals surface area contributed by atoms with Crippen LogP contribution in [0.2, 0.25) is 0 Å². The number of fused-ring (bicyclic) bond motifs is 1. The van der Waals surface area contributed by atoms with Crippen molar-refractivity contribution in [2.24, 2.45) is 5.92 Å². The molecule has 0 fully saturated rings. The lowest BCUT2D eigenvalue weighted by Crippen LogP contribution is -2.28. The van der Waals surface area contributed by atoms with Crippen LogP contribution in [0.15, 0.2) is 24.3 Å². The van der Waals surface area contributed by atoms with Gasteiger partial charge in [-0.3, -0.25) is 4.79 Å². The Morgan fingerprint density at radius 1 is 1.35 bits per heavy atom. The molecule has 4 nitrogen and oxygen atoms in total. The first-order valence-corrected chi connectivity index (χ1v) is 7.34. The van der Waals surface area contributed by atoms with Crippen LogP contribution in [-0.4, -0.2) is 25.7 Å². The summed E-state index contributed by atoms with van der Waals surface area (Å²) in [6, 6.07) is 7.18. The number of aliphatic carboxylic acids is 1. The van der Waals surface area contributed by atoms with Gasteiger partial charge in [-0.1, -0.05) is 24.3 Å². The van der Waals surface area contributed by atoms with E-state index in [-0.39, 0.29) is 6.42 Å². The van der Waals surface area contributed by atoms with E-state index in [9.17, 15) is 13.2 Å². The highest BCUT2D eigenvalue weighted by molar-refractivity contribution is 7.90. The van der Waals surface area contributed by atoms with Gasteiger partial charge >= 0.3 is 5.97 Å². The zero-order chi connectivity index (χ0) is 12.6. The summed E-state index contributed by atoms with van der Waals surface area (Å²) in [5.41, 5.74) is 1.59. The average Bonchev–Trinajstić information content (AvgIpc) is 2.26. The van der Waals surface area contributed by atoms with Gasteiger partial charge < -0.3 is 5.11 Å². The summed E-state index contributed by atoms with van der Waals surface area (Å²) in [4.78, 5) is 11.0.